The van der Waals surface area contributed by atoms with Crippen LogP contribution < -0.4 is 11.1 Å². The number of hydrogen-bond donors (Lipinski definition) is 2. The predicted molar refractivity (Wildman–Crippen MR) is 72.3 cm³/mol. The molecule has 0 aromatic heterocycles. The third kappa shape index (κ3) is 4.55. The number of primary amides is 1. The van der Waals surface area contributed by atoms with Gasteiger partial charge in [0.1, 0.15) is 0 Å². The van der Waals surface area contributed by atoms with E-state index < -0.39 is 0 Å². The molecule has 1 heterocycles. The van der Waals surface area contributed by atoms with Crippen molar-refractivity contribution in [1.29, 1.82) is 0 Å². The Kier molecular flexibility index (Phi) is 6.60. The Balaban J connectivity index is 2.34. The van der Waals surface area contributed by atoms with Crippen LogP contribution in [0.1, 0.15) is 33.1 Å². The molecule has 1 amide bonds. The molecule has 0 bridgehead atoms. The van der Waals surface area contributed by atoms with Crippen molar-refractivity contribution in [2.75, 3.05) is 26.7 Å². The highest BCUT2D eigenvalue weighted by Crippen LogP contribution is 2.18. The van der Waals surface area contributed by atoms with Crippen molar-refractivity contribution in [1.82, 2.24) is 10.2 Å². The average molecular weight is 257 g/mol. The molecule has 0 spiro atoms. The number of nitrogens with one attached hydrogen (secondary N) is 1. The number of carbonyl (C=O) groups excluding carboxylic acids is 1. The van der Waals surface area contributed by atoms with Crippen molar-refractivity contribution in [2.45, 2.75) is 51.3 Å². The number of hydrogen-bond acceptors (Lipinski definition) is 4. The third-order valence-corrected chi connectivity index (χ3v) is 3.66. The molecule has 0 saturated carbocycles. The second-order valence-electron chi connectivity index (χ2n) is 5.11. The van der Waals surface area contributed by atoms with Gasteiger partial charge in [0.25, 0.3) is 0 Å². The highest BCUT2D eigenvalue weighted by atomic mass is 16.5. The second kappa shape index (κ2) is 7.71. The molecular formula is C13H27N3O2. The van der Waals surface area contributed by atoms with Crippen molar-refractivity contribution < 1.29 is 9.53 Å². The molecule has 106 valence electrons. The van der Waals surface area contributed by atoms with Crippen molar-refractivity contribution >= 4 is 5.91 Å². The summed E-state index contributed by atoms with van der Waals surface area (Å²) in [6, 6.07) is 0.245. The van der Waals surface area contributed by atoms with Crippen LogP contribution in [-0.4, -0.2) is 55.7 Å². The summed E-state index contributed by atoms with van der Waals surface area (Å²) in [6.45, 7) is 6.72. The van der Waals surface area contributed by atoms with Crippen LogP contribution in [0.5, 0.6) is 0 Å². The molecule has 0 aliphatic carbocycles. The van der Waals surface area contributed by atoms with E-state index in [1.807, 2.05) is 0 Å². The van der Waals surface area contributed by atoms with Crippen molar-refractivity contribution in [3.63, 3.8) is 0 Å². The highest BCUT2D eigenvalue weighted by molar-refractivity contribution is 5.79. The number of likely N-dealkylation sites (N-methyl/N-ethyl adjacent to an activating group) is 1. The molecule has 5 heteroatoms. The summed E-state index contributed by atoms with van der Waals surface area (Å²) in [5.74, 6) is -0.257. The van der Waals surface area contributed by atoms with E-state index in [4.69, 9.17) is 10.5 Å². The van der Waals surface area contributed by atoms with Gasteiger partial charge in [0, 0.05) is 19.2 Å². The summed E-state index contributed by atoms with van der Waals surface area (Å²) in [6.07, 6.45) is 3.12. The number of carbonyl (C=O) groups is 1. The van der Waals surface area contributed by atoms with E-state index in [1.54, 1.807) is 0 Å². The Labute approximate surface area is 110 Å². The van der Waals surface area contributed by atoms with Crippen molar-refractivity contribution in [3.8, 4) is 0 Å². The van der Waals surface area contributed by atoms with Gasteiger partial charge in [-0.25, -0.2) is 0 Å². The Morgan fingerprint density at radius 2 is 2.33 bits per heavy atom. The second-order valence-corrected chi connectivity index (χ2v) is 5.11. The van der Waals surface area contributed by atoms with E-state index in [1.165, 1.54) is 0 Å². The number of nitrogens with zero attached hydrogens (tertiary/aromatic N) is 1. The zero-order chi connectivity index (χ0) is 13.5. The van der Waals surface area contributed by atoms with Gasteiger partial charge >= 0.3 is 0 Å². The first-order valence-corrected chi connectivity index (χ1v) is 6.90. The quantitative estimate of drug-likeness (QED) is 0.658. The Morgan fingerprint density at radius 3 is 2.83 bits per heavy atom. The molecule has 3 unspecified atom stereocenters. The van der Waals surface area contributed by atoms with E-state index in [9.17, 15) is 4.79 Å². The molecule has 18 heavy (non-hydrogen) atoms. The van der Waals surface area contributed by atoms with Gasteiger partial charge in [0.15, 0.2) is 0 Å². The first-order chi connectivity index (χ1) is 8.56. The molecule has 1 aliphatic heterocycles. The normalized spacial score (nSPS) is 25.6. The number of ether oxygens (including phenoxy) is 1. The average Bonchev–Trinajstić information content (AvgIpc) is 2.74. The molecule has 3 N–H and O–H groups in total. The molecule has 1 fully saturated rings. The van der Waals surface area contributed by atoms with E-state index in [0.29, 0.717) is 6.04 Å². The maximum absolute atomic E-state index is 11.3. The summed E-state index contributed by atoms with van der Waals surface area (Å²) >= 11 is 0. The molecule has 1 aliphatic rings. The maximum atomic E-state index is 11.3. The fourth-order valence-corrected chi connectivity index (χ4v) is 2.46. The Bertz CT molecular complexity index is 261. The minimum atomic E-state index is -0.257. The van der Waals surface area contributed by atoms with Gasteiger partial charge in [-0.2, -0.15) is 0 Å². The molecule has 1 saturated heterocycles. The third-order valence-electron chi connectivity index (χ3n) is 3.66. The van der Waals surface area contributed by atoms with Crippen LogP contribution in [0.15, 0.2) is 0 Å². The summed E-state index contributed by atoms with van der Waals surface area (Å²) in [5.41, 5.74) is 5.40. The molecule has 0 radical (unpaired) electrons. The van der Waals surface area contributed by atoms with Gasteiger partial charge in [-0.15, -0.1) is 0 Å². The lowest BCUT2D eigenvalue weighted by molar-refractivity contribution is -0.120. The zero-order valence-electron chi connectivity index (χ0n) is 11.8. The summed E-state index contributed by atoms with van der Waals surface area (Å²) in [7, 11) is 2.09. The number of amides is 1. The van der Waals surface area contributed by atoms with Gasteiger partial charge in [-0.1, -0.05) is 6.92 Å². The number of rotatable bonds is 8. The van der Waals surface area contributed by atoms with Gasteiger partial charge in [0.2, 0.25) is 5.91 Å². The smallest absolute Gasteiger partial charge is 0.234 e. The monoisotopic (exact) mass is 257 g/mol. The van der Waals surface area contributed by atoms with E-state index in [2.05, 4.69) is 31.1 Å². The first-order valence-electron chi connectivity index (χ1n) is 6.90. The summed E-state index contributed by atoms with van der Waals surface area (Å²) < 4.78 is 5.56. The van der Waals surface area contributed by atoms with Gasteiger partial charge in [0.05, 0.1) is 12.1 Å². The molecule has 0 aromatic carbocycles. The summed E-state index contributed by atoms with van der Waals surface area (Å²) in [4.78, 5) is 13.6. The standard InChI is InChI=1S/C13H27N3O2/c1-4-7-15-11(13(14)17)5-8-16(3)12-6-9-18-10(12)2/h10-12,15H,4-9H2,1-3H3,(H2,14,17). The van der Waals surface area contributed by atoms with Crippen LogP contribution in [-0.2, 0) is 9.53 Å². The molecular weight excluding hydrogens is 230 g/mol. The Morgan fingerprint density at radius 1 is 1.61 bits per heavy atom. The van der Waals surface area contributed by atoms with Crippen LogP contribution in [0.3, 0.4) is 0 Å². The minimum absolute atomic E-state index is 0.218. The fourth-order valence-electron chi connectivity index (χ4n) is 2.46. The molecule has 1 rings (SSSR count). The van der Waals surface area contributed by atoms with Crippen LogP contribution in [0.25, 0.3) is 0 Å². The van der Waals surface area contributed by atoms with Crippen LogP contribution >= 0.6 is 0 Å². The zero-order valence-corrected chi connectivity index (χ0v) is 11.8. The lowest BCUT2D eigenvalue weighted by Gasteiger charge is -2.28. The maximum Gasteiger partial charge on any atom is 0.234 e. The molecule has 5 nitrogen and oxygen atoms in total. The largest absolute Gasteiger partial charge is 0.377 e. The lowest BCUT2D eigenvalue weighted by Crippen LogP contribution is -2.45. The lowest BCUT2D eigenvalue weighted by atomic mass is 10.1. The van der Waals surface area contributed by atoms with Crippen molar-refractivity contribution in [2.24, 2.45) is 5.73 Å². The first kappa shape index (κ1) is 15.4. The summed E-state index contributed by atoms with van der Waals surface area (Å²) in [5, 5.41) is 3.19. The molecule has 3 atom stereocenters. The van der Waals surface area contributed by atoms with Crippen LogP contribution in [0.2, 0.25) is 0 Å². The van der Waals surface area contributed by atoms with E-state index in [0.717, 1.165) is 39.0 Å². The SMILES string of the molecule is CCCNC(CCN(C)C1CCOC1C)C(N)=O. The van der Waals surface area contributed by atoms with Crippen molar-refractivity contribution in [3.05, 3.63) is 0 Å². The van der Waals surface area contributed by atoms with Gasteiger partial charge < -0.3 is 20.7 Å². The number of nitrogens with two attached hydrogens (primary N) is 1. The fraction of sp³-hybridized carbons (Fsp3) is 0.923. The van der Waals surface area contributed by atoms with E-state index in [-0.39, 0.29) is 18.1 Å². The topological polar surface area (TPSA) is 67.6 Å². The van der Waals surface area contributed by atoms with Gasteiger partial charge in [-0.05, 0) is 39.8 Å². The van der Waals surface area contributed by atoms with Crippen LogP contribution in [0, 0.1) is 0 Å². The predicted octanol–water partition coefficient (Wildman–Crippen LogP) is 0.339. The highest BCUT2D eigenvalue weighted by Gasteiger charge is 2.28. The van der Waals surface area contributed by atoms with Gasteiger partial charge in [-0.3, -0.25) is 4.79 Å². The Hall–Kier alpha value is -0.650. The molecule has 0 aromatic rings. The van der Waals surface area contributed by atoms with E-state index >= 15 is 0 Å². The van der Waals surface area contributed by atoms with Crippen LogP contribution in [0.4, 0.5) is 0 Å². The minimum Gasteiger partial charge on any atom is -0.377 e.